The van der Waals surface area contributed by atoms with E-state index in [0.29, 0.717) is 24.2 Å². The van der Waals surface area contributed by atoms with Gasteiger partial charge in [0.05, 0.1) is 16.9 Å². The first-order valence-electron chi connectivity index (χ1n) is 11.0. The Hall–Kier alpha value is -3.03. The predicted molar refractivity (Wildman–Crippen MR) is 117 cm³/mol. The lowest BCUT2D eigenvalue weighted by Crippen LogP contribution is -2.30. The van der Waals surface area contributed by atoms with Crippen molar-refractivity contribution in [3.05, 3.63) is 59.2 Å². The molecule has 2 aliphatic heterocycles. The molecular formula is C24H26F3N3O2. The third kappa shape index (κ3) is 5.06. The van der Waals surface area contributed by atoms with Gasteiger partial charge in [-0.25, -0.2) is 0 Å². The van der Waals surface area contributed by atoms with Crippen molar-refractivity contribution in [2.24, 2.45) is 0 Å². The minimum absolute atomic E-state index is 0.126. The first-order chi connectivity index (χ1) is 15.3. The molecule has 0 saturated carbocycles. The smallest absolute Gasteiger partial charge is 0.370 e. The molecule has 0 bridgehead atoms. The summed E-state index contributed by atoms with van der Waals surface area (Å²) in [5.74, 6) is -0.340. The van der Waals surface area contributed by atoms with Crippen molar-refractivity contribution in [1.82, 2.24) is 4.90 Å². The van der Waals surface area contributed by atoms with E-state index >= 15 is 0 Å². The Morgan fingerprint density at radius 1 is 0.938 bits per heavy atom. The van der Waals surface area contributed by atoms with E-state index in [1.807, 2.05) is 4.90 Å². The zero-order valence-electron chi connectivity index (χ0n) is 17.8. The van der Waals surface area contributed by atoms with Gasteiger partial charge in [0, 0.05) is 38.2 Å². The normalized spacial score (nSPS) is 17.0. The van der Waals surface area contributed by atoms with Gasteiger partial charge in [0.15, 0.2) is 0 Å². The monoisotopic (exact) mass is 445 g/mol. The number of carbonyl (C=O) groups excluding carboxylic acids is 2. The summed E-state index contributed by atoms with van der Waals surface area (Å²) in [5.41, 5.74) is 1.24. The highest BCUT2D eigenvalue weighted by molar-refractivity contribution is 6.06. The number of hydrogen-bond donors (Lipinski definition) is 1. The van der Waals surface area contributed by atoms with Crippen LogP contribution in [0.3, 0.4) is 0 Å². The van der Waals surface area contributed by atoms with Crippen LogP contribution in [0.1, 0.15) is 53.6 Å². The molecule has 2 saturated heterocycles. The van der Waals surface area contributed by atoms with Crippen molar-refractivity contribution in [2.45, 2.75) is 44.8 Å². The van der Waals surface area contributed by atoms with Gasteiger partial charge in [-0.05, 0) is 61.6 Å². The molecule has 0 aliphatic carbocycles. The van der Waals surface area contributed by atoms with Crippen LogP contribution in [0.5, 0.6) is 0 Å². The maximum atomic E-state index is 13.3. The fourth-order valence-electron chi connectivity index (χ4n) is 4.27. The van der Waals surface area contributed by atoms with Gasteiger partial charge in [0.2, 0.25) is 5.91 Å². The summed E-state index contributed by atoms with van der Waals surface area (Å²) < 4.78 is 39.9. The van der Waals surface area contributed by atoms with Crippen LogP contribution in [0, 0.1) is 0 Å². The lowest BCUT2D eigenvalue weighted by molar-refractivity contribution is -0.137. The zero-order valence-corrected chi connectivity index (χ0v) is 17.8. The van der Waals surface area contributed by atoms with Crippen LogP contribution in [0.15, 0.2) is 42.5 Å². The van der Waals surface area contributed by atoms with Crippen molar-refractivity contribution in [3.63, 3.8) is 0 Å². The lowest BCUT2D eigenvalue weighted by atomic mass is 10.1. The van der Waals surface area contributed by atoms with Crippen LogP contribution in [0.2, 0.25) is 0 Å². The van der Waals surface area contributed by atoms with Gasteiger partial charge in [-0.3, -0.25) is 9.59 Å². The molecule has 0 spiro atoms. The number of alkyl halides is 3. The van der Waals surface area contributed by atoms with E-state index in [4.69, 9.17) is 0 Å². The second-order valence-corrected chi connectivity index (χ2v) is 8.35. The Balaban J connectivity index is 1.52. The molecule has 2 amide bonds. The predicted octanol–water partition coefficient (Wildman–Crippen LogP) is 5.07. The van der Waals surface area contributed by atoms with E-state index in [-0.39, 0.29) is 11.6 Å². The largest absolute Gasteiger partial charge is 0.416 e. The molecule has 170 valence electrons. The number of piperidine rings is 1. The van der Waals surface area contributed by atoms with E-state index in [1.165, 1.54) is 6.07 Å². The number of likely N-dealkylation sites (tertiary alicyclic amines) is 1. The number of carbonyl (C=O) groups is 2. The number of rotatable bonds is 5. The van der Waals surface area contributed by atoms with Gasteiger partial charge < -0.3 is 15.1 Å². The summed E-state index contributed by atoms with van der Waals surface area (Å²) in [7, 11) is 0. The van der Waals surface area contributed by atoms with Crippen molar-refractivity contribution in [1.29, 1.82) is 0 Å². The molecule has 0 radical (unpaired) electrons. The number of benzene rings is 2. The Bertz CT molecular complexity index is 983. The van der Waals surface area contributed by atoms with Crippen LogP contribution in [0.25, 0.3) is 0 Å². The second kappa shape index (κ2) is 9.22. The molecule has 2 aliphatic rings. The molecule has 0 aromatic heterocycles. The maximum Gasteiger partial charge on any atom is 0.416 e. The average Bonchev–Trinajstić information content (AvgIpc) is 3.18. The first-order valence-corrected chi connectivity index (χ1v) is 11.0. The van der Waals surface area contributed by atoms with E-state index < -0.39 is 17.6 Å². The standard InChI is InChI=1S/C24H26F3N3O2/c25-24(26,27)19-10-11-21(29-12-2-1-3-13-29)20(15-19)28-23(32)18-8-6-17(7-9-18)16-30-14-4-5-22(30)31/h6-11,15H,1-5,12-14,16H2,(H,28,32). The maximum absolute atomic E-state index is 13.3. The van der Waals surface area contributed by atoms with E-state index in [9.17, 15) is 22.8 Å². The third-order valence-electron chi connectivity index (χ3n) is 6.03. The van der Waals surface area contributed by atoms with Crippen molar-refractivity contribution in [2.75, 3.05) is 29.9 Å². The minimum Gasteiger partial charge on any atom is -0.370 e. The first kappa shape index (κ1) is 22.2. The molecule has 2 heterocycles. The highest BCUT2D eigenvalue weighted by Gasteiger charge is 2.32. The fourth-order valence-corrected chi connectivity index (χ4v) is 4.27. The Morgan fingerprint density at radius 2 is 1.66 bits per heavy atom. The molecule has 8 heteroatoms. The number of amides is 2. The summed E-state index contributed by atoms with van der Waals surface area (Å²) >= 11 is 0. The highest BCUT2D eigenvalue weighted by Crippen LogP contribution is 2.36. The van der Waals surface area contributed by atoms with Gasteiger partial charge in [-0.15, -0.1) is 0 Å². The summed E-state index contributed by atoms with van der Waals surface area (Å²) in [6, 6.07) is 10.3. The number of hydrogen-bond acceptors (Lipinski definition) is 3. The number of nitrogens with one attached hydrogen (secondary N) is 1. The quantitative estimate of drug-likeness (QED) is 0.699. The van der Waals surface area contributed by atoms with Crippen LogP contribution in [-0.4, -0.2) is 36.3 Å². The van der Waals surface area contributed by atoms with Crippen molar-refractivity contribution < 1.29 is 22.8 Å². The van der Waals surface area contributed by atoms with Crippen LogP contribution in [-0.2, 0) is 17.5 Å². The summed E-state index contributed by atoms with van der Waals surface area (Å²) in [6.07, 6.45) is -0.0416. The number of halogens is 3. The van der Waals surface area contributed by atoms with E-state index in [2.05, 4.69) is 5.32 Å². The molecule has 1 N–H and O–H groups in total. The van der Waals surface area contributed by atoms with Gasteiger partial charge >= 0.3 is 6.18 Å². The van der Waals surface area contributed by atoms with Crippen LogP contribution >= 0.6 is 0 Å². The minimum atomic E-state index is -4.49. The zero-order chi connectivity index (χ0) is 22.7. The van der Waals surface area contributed by atoms with Gasteiger partial charge in [-0.2, -0.15) is 13.2 Å². The molecule has 4 rings (SSSR count). The van der Waals surface area contributed by atoms with Crippen molar-refractivity contribution in [3.8, 4) is 0 Å². The third-order valence-corrected chi connectivity index (χ3v) is 6.03. The molecular weight excluding hydrogens is 419 g/mol. The van der Waals surface area contributed by atoms with Gasteiger partial charge in [0.25, 0.3) is 5.91 Å². The molecule has 2 fully saturated rings. The summed E-state index contributed by atoms with van der Waals surface area (Å²) in [4.78, 5) is 28.4. The Labute approximate surface area is 185 Å². The highest BCUT2D eigenvalue weighted by atomic mass is 19.4. The van der Waals surface area contributed by atoms with Crippen LogP contribution in [0.4, 0.5) is 24.5 Å². The Morgan fingerprint density at radius 3 is 2.28 bits per heavy atom. The van der Waals surface area contributed by atoms with Gasteiger partial charge in [-0.1, -0.05) is 12.1 Å². The SMILES string of the molecule is O=C(Nc1cc(C(F)(F)F)ccc1N1CCCCC1)c1ccc(CN2CCCC2=O)cc1. The molecule has 0 unspecified atom stereocenters. The lowest BCUT2D eigenvalue weighted by Gasteiger charge is -2.31. The van der Waals surface area contributed by atoms with Crippen LogP contribution < -0.4 is 10.2 Å². The molecule has 2 aromatic rings. The fraction of sp³-hybridized carbons (Fsp3) is 0.417. The molecule has 2 aromatic carbocycles. The number of anilines is 2. The molecule has 5 nitrogen and oxygen atoms in total. The molecule has 0 atom stereocenters. The van der Waals surface area contributed by atoms with E-state index in [1.54, 1.807) is 29.2 Å². The topological polar surface area (TPSA) is 52.7 Å². The van der Waals surface area contributed by atoms with E-state index in [0.717, 1.165) is 63.0 Å². The number of nitrogens with zero attached hydrogens (tertiary/aromatic N) is 2. The Kier molecular flexibility index (Phi) is 6.39. The summed E-state index contributed by atoms with van der Waals surface area (Å²) in [5, 5.41) is 2.69. The second-order valence-electron chi connectivity index (χ2n) is 8.35. The van der Waals surface area contributed by atoms with Gasteiger partial charge in [0.1, 0.15) is 0 Å². The average molecular weight is 445 g/mol. The molecule has 32 heavy (non-hydrogen) atoms. The summed E-state index contributed by atoms with van der Waals surface area (Å²) in [6.45, 7) is 2.72. The van der Waals surface area contributed by atoms with Crippen molar-refractivity contribution >= 4 is 23.2 Å².